The van der Waals surface area contributed by atoms with Crippen LogP contribution in [0, 0.1) is 0 Å². The molecular formula is C44H28N4. The first-order valence-corrected chi connectivity index (χ1v) is 16.1. The van der Waals surface area contributed by atoms with E-state index >= 15 is 0 Å². The van der Waals surface area contributed by atoms with E-state index in [1.54, 1.807) is 0 Å². The molecule has 0 fully saturated rings. The minimum Gasteiger partial charge on any atom is -0.248 e. The van der Waals surface area contributed by atoms with Crippen molar-refractivity contribution in [2.24, 2.45) is 20.0 Å². The van der Waals surface area contributed by atoms with Crippen LogP contribution in [0.15, 0.2) is 213 Å². The van der Waals surface area contributed by atoms with E-state index in [-0.39, 0.29) is 0 Å². The van der Waals surface area contributed by atoms with Gasteiger partial charge in [0.15, 0.2) is 0 Å². The van der Waals surface area contributed by atoms with Gasteiger partial charge in [0, 0.05) is 22.3 Å². The summed E-state index contributed by atoms with van der Waals surface area (Å²) in [6.45, 7) is 0. The van der Waals surface area contributed by atoms with Crippen molar-refractivity contribution >= 4 is 45.1 Å². The summed E-state index contributed by atoms with van der Waals surface area (Å²) in [6.07, 6.45) is 16.8. The van der Waals surface area contributed by atoms with E-state index in [4.69, 9.17) is 20.0 Å². The van der Waals surface area contributed by atoms with Crippen LogP contribution in [0.5, 0.6) is 0 Å². The fourth-order valence-corrected chi connectivity index (χ4v) is 6.64. The van der Waals surface area contributed by atoms with Gasteiger partial charge in [-0.1, -0.05) is 121 Å². The molecule has 0 amide bonds. The molecule has 224 valence electrons. The molecule has 0 spiro atoms. The van der Waals surface area contributed by atoms with Crippen LogP contribution in [-0.4, -0.2) is 22.8 Å². The number of hydrogen-bond donors (Lipinski definition) is 0. The van der Waals surface area contributed by atoms with E-state index < -0.39 is 0 Å². The van der Waals surface area contributed by atoms with E-state index in [0.29, 0.717) is 0 Å². The van der Waals surface area contributed by atoms with E-state index in [1.165, 1.54) is 0 Å². The second-order valence-electron chi connectivity index (χ2n) is 11.9. The van der Waals surface area contributed by atoms with E-state index in [0.717, 1.165) is 90.2 Å². The van der Waals surface area contributed by atoms with Gasteiger partial charge in [0.25, 0.3) is 0 Å². The third kappa shape index (κ3) is 4.97. The molecule has 0 saturated carbocycles. The molecule has 4 aromatic rings. The Morgan fingerprint density at radius 2 is 0.771 bits per heavy atom. The number of nitrogens with zero attached hydrogens (tertiary/aromatic N) is 4. The third-order valence-electron chi connectivity index (χ3n) is 8.82. The standard InChI is InChI=1S/C44H28N4/c1-5-13-29(14-6-1)35-28-34-27-33-21-22-36(45-33)41(30-15-7-2-8-16-30)37-23-24-38(47-37)42(31-17-9-3-10-18-31)39-25-26-40(48-39)43(44(35)46-34)32-19-11-4-12-20-32/h1-28H. The van der Waals surface area contributed by atoms with Crippen LogP contribution in [-0.2, 0) is 0 Å². The molecule has 5 aliphatic heterocycles. The molecule has 48 heavy (non-hydrogen) atoms. The summed E-state index contributed by atoms with van der Waals surface area (Å²) >= 11 is 0. The Balaban J connectivity index is 1.36. The predicted molar refractivity (Wildman–Crippen MR) is 200 cm³/mol. The molecule has 4 heteroatoms. The van der Waals surface area contributed by atoms with Gasteiger partial charge >= 0.3 is 0 Å². The summed E-state index contributed by atoms with van der Waals surface area (Å²) in [6, 6.07) is 41.7. The first-order chi connectivity index (χ1) is 23.8. The molecule has 4 nitrogen and oxygen atoms in total. The van der Waals surface area contributed by atoms with E-state index in [1.807, 2.05) is 24.3 Å². The van der Waals surface area contributed by atoms with E-state index in [9.17, 15) is 0 Å². The zero-order valence-electron chi connectivity index (χ0n) is 26.0. The average Bonchev–Trinajstić information content (AvgIpc) is 3.97. The Morgan fingerprint density at radius 1 is 0.333 bits per heavy atom. The number of allylic oxidation sites excluding steroid dienone is 12. The number of hydrogen-bond acceptors (Lipinski definition) is 4. The zero-order chi connectivity index (χ0) is 31.9. The lowest BCUT2D eigenvalue weighted by molar-refractivity contribution is 1.41. The lowest BCUT2D eigenvalue weighted by atomic mass is 9.93. The molecular weight excluding hydrogens is 585 g/mol. The average molecular weight is 613 g/mol. The Morgan fingerprint density at radius 3 is 1.31 bits per heavy atom. The SMILES string of the molecule is C1=CC2=NC1=CC1=NC(=C(c3ccccc3)C3=NC(=C(c4ccccc4)C4=NC(=C2c2ccccc2)C=C4)C=C3)C(c2ccccc2)=C1. The van der Waals surface area contributed by atoms with Crippen molar-refractivity contribution in [3.8, 4) is 0 Å². The van der Waals surface area contributed by atoms with Crippen LogP contribution < -0.4 is 0 Å². The molecule has 0 saturated heterocycles. The second kappa shape index (κ2) is 11.7. The molecule has 0 atom stereocenters. The topological polar surface area (TPSA) is 49.4 Å². The molecule has 0 aliphatic carbocycles. The van der Waals surface area contributed by atoms with Gasteiger partial charge < -0.3 is 0 Å². The minimum atomic E-state index is 0.840. The zero-order valence-corrected chi connectivity index (χ0v) is 26.0. The van der Waals surface area contributed by atoms with Crippen LogP contribution in [0.1, 0.15) is 22.3 Å². The number of fused-ring (bicyclic) bond motifs is 4. The minimum absolute atomic E-state index is 0.840. The molecule has 0 unspecified atom stereocenters. The molecule has 4 aromatic carbocycles. The fraction of sp³-hybridized carbons (Fsp3) is 0. The predicted octanol–water partition coefficient (Wildman–Crippen LogP) is 9.69. The summed E-state index contributed by atoms with van der Waals surface area (Å²) in [4.78, 5) is 21.1. The Hall–Kier alpha value is -6.52. The van der Waals surface area contributed by atoms with Crippen molar-refractivity contribution < 1.29 is 0 Å². The van der Waals surface area contributed by atoms with Gasteiger partial charge in [-0.25, -0.2) is 20.0 Å². The van der Waals surface area contributed by atoms with Crippen LogP contribution in [0.4, 0.5) is 0 Å². The lowest BCUT2D eigenvalue weighted by Crippen LogP contribution is -2.03. The summed E-state index contributed by atoms with van der Waals surface area (Å²) in [5.41, 5.74) is 15.1. The highest BCUT2D eigenvalue weighted by Crippen LogP contribution is 2.40. The maximum Gasteiger partial charge on any atom is 0.0816 e. The van der Waals surface area contributed by atoms with Crippen molar-refractivity contribution in [3.05, 3.63) is 215 Å². The number of benzene rings is 4. The summed E-state index contributed by atoms with van der Waals surface area (Å²) in [7, 11) is 0. The molecule has 5 aliphatic rings. The largest absolute Gasteiger partial charge is 0.248 e. The normalized spacial score (nSPS) is 17.8. The lowest BCUT2D eigenvalue weighted by Gasteiger charge is -2.13. The summed E-state index contributed by atoms with van der Waals surface area (Å²) in [5, 5.41) is 0. The first-order valence-electron chi connectivity index (χ1n) is 16.1. The number of aliphatic imine (C=N–C) groups is 4. The molecule has 8 bridgehead atoms. The summed E-state index contributed by atoms with van der Waals surface area (Å²) in [5.74, 6) is 0. The Labute approximate surface area is 279 Å². The Kier molecular flexibility index (Phi) is 6.76. The highest BCUT2D eigenvalue weighted by Gasteiger charge is 2.27. The van der Waals surface area contributed by atoms with Gasteiger partial charge in [-0.3, -0.25) is 0 Å². The monoisotopic (exact) mass is 612 g/mol. The van der Waals surface area contributed by atoms with E-state index in [2.05, 4.69) is 146 Å². The maximum atomic E-state index is 5.36. The second-order valence-corrected chi connectivity index (χ2v) is 11.9. The van der Waals surface area contributed by atoms with Crippen molar-refractivity contribution in [1.29, 1.82) is 0 Å². The first kappa shape index (κ1) is 27.8. The number of rotatable bonds is 4. The highest BCUT2D eigenvalue weighted by atomic mass is 14.9. The summed E-state index contributed by atoms with van der Waals surface area (Å²) < 4.78 is 0. The quantitative estimate of drug-likeness (QED) is 0.220. The maximum absolute atomic E-state index is 5.36. The van der Waals surface area contributed by atoms with Crippen molar-refractivity contribution in [2.75, 3.05) is 0 Å². The van der Waals surface area contributed by atoms with Crippen LogP contribution in [0.2, 0.25) is 0 Å². The molecule has 9 rings (SSSR count). The molecule has 0 N–H and O–H groups in total. The van der Waals surface area contributed by atoms with Crippen molar-refractivity contribution in [3.63, 3.8) is 0 Å². The van der Waals surface area contributed by atoms with Gasteiger partial charge in [0.05, 0.1) is 45.6 Å². The van der Waals surface area contributed by atoms with Gasteiger partial charge in [-0.05, 0) is 70.9 Å². The third-order valence-corrected chi connectivity index (χ3v) is 8.82. The highest BCUT2D eigenvalue weighted by molar-refractivity contribution is 6.38. The fourth-order valence-electron chi connectivity index (χ4n) is 6.64. The van der Waals surface area contributed by atoms with Gasteiger partial charge in [0.2, 0.25) is 0 Å². The van der Waals surface area contributed by atoms with Crippen LogP contribution in [0.25, 0.3) is 22.3 Å². The van der Waals surface area contributed by atoms with Crippen LogP contribution in [0.3, 0.4) is 0 Å². The molecule has 5 heterocycles. The van der Waals surface area contributed by atoms with Crippen LogP contribution >= 0.6 is 0 Å². The van der Waals surface area contributed by atoms with Gasteiger partial charge in [0.1, 0.15) is 0 Å². The van der Waals surface area contributed by atoms with Gasteiger partial charge in [-0.15, -0.1) is 0 Å². The smallest absolute Gasteiger partial charge is 0.0816 e. The van der Waals surface area contributed by atoms with Gasteiger partial charge in [-0.2, -0.15) is 0 Å². The molecule has 0 aromatic heterocycles. The molecule has 0 radical (unpaired) electrons. The van der Waals surface area contributed by atoms with Crippen molar-refractivity contribution in [1.82, 2.24) is 0 Å². The Bertz CT molecular complexity index is 2370. The van der Waals surface area contributed by atoms with Crippen molar-refractivity contribution in [2.45, 2.75) is 0 Å².